The molecule has 0 bridgehead atoms. The second-order valence-corrected chi connectivity index (χ2v) is 6.94. The number of allylic oxidation sites excluding steroid dienone is 2. The molecule has 0 saturated heterocycles. The van der Waals surface area contributed by atoms with E-state index in [0.29, 0.717) is 35.3 Å². The summed E-state index contributed by atoms with van der Waals surface area (Å²) in [7, 11) is 1.64. The topological polar surface area (TPSA) is 35.5 Å². The molecule has 0 N–H and O–H groups in total. The van der Waals surface area contributed by atoms with Crippen LogP contribution in [0.1, 0.15) is 42.7 Å². The van der Waals surface area contributed by atoms with Crippen LogP contribution in [0.2, 0.25) is 5.02 Å². The number of rotatable bonds is 5. The van der Waals surface area contributed by atoms with Crippen LogP contribution in [0.4, 0.5) is 0 Å². The van der Waals surface area contributed by atoms with Gasteiger partial charge in [-0.05, 0) is 66.3 Å². The molecule has 128 valence electrons. The van der Waals surface area contributed by atoms with E-state index in [-0.39, 0.29) is 5.78 Å². The third-order valence-corrected chi connectivity index (χ3v) is 5.00. The predicted octanol–water partition coefficient (Wildman–Crippen LogP) is 5.73. The fourth-order valence-corrected chi connectivity index (χ4v) is 3.47. The first kappa shape index (κ1) is 16.2. The molecule has 2 aromatic rings. The largest absolute Gasteiger partial charge is 0.500 e. The van der Waals surface area contributed by atoms with Gasteiger partial charge in [-0.3, -0.25) is 4.79 Å². The van der Waals surface area contributed by atoms with Gasteiger partial charge in [-0.1, -0.05) is 17.7 Å². The van der Waals surface area contributed by atoms with Crippen molar-refractivity contribution in [3.05, 3.63) is 64.4 Å². The molecule has 0 radical (unpaired) electrons. The summed E-state index contributed by atoms with van der Waals surface area (Å²) in [5.41, 5.74) is 2.92. The maximum atomic E-state index is 12.5. The fourth-order valence-electron chi connectivity index (χ4n) is 3.34. The first-order chi connectivity index (χ1) is 12.2. The lowest BCUT2D eigenvalue weighted by molar-refractivity contribution is -0.113. The van der Waals surface area contributed by atoms with Crippen LogP contribution in [0.25, 0.3) is 5.57 Å². The number of methoxy groups -OCH3 is 1. The van der Waals surface area contributed by atoms with Crippen LogP contribution in [0.15, 0.2) is 48.2 Å². The van der Waals surface area contributed by atoms with Gasteiger partial charge < -0.3 is 9.47 Å². The van der Waals surface area contributed by atoms with Crippen molar-refractivity contribution in [2.75, 3.05) is 7.11 Å². The van der Waals surface area contributed by atoms with E-state index in [1.54, 1.807) is 19.2 Å². The van der Waals surface area contributed by atoms with E-state index >= 15 is 0 Å². The molecule has 0 spiro atoms. The van der Waals surface area contributed by atoms with Gasteiger partial charge in [0.05, 0.1) is 12.7 Å². The van der Waals surface area contributed by atoms with E-state index in [0.717, 1.165) is 16.9 Å². The molecule has 2 aromatic carbocycles. The van der Waals surface area contributed by atoms with Gasteiger partial charge in [-0.25, -0.2) is 0 Å². The number of carbonyl (C=O) groups is 1. The minimum absolute atomic E-state index is 0.155. The average molecular weight is 355 g/mol. The van der Waals surface area contributed by atoms with Crippen LogP contribution in [-0.2, 0) is 9.53 Å². The molecule has 0 aliphatic heterocycles. The van der Waals surface area contributed by atoms with Crippen LogP contribution in [0.5, 0.6) is 11.5 Å². The van der Waals surface area contributed by atoms with Crippen molar-refractivity contribution in [1.82, 2.24) is 0 Å². The van der Waals surface area contributed by atoms with Crippen LogP contribution >= 0.6 is 11.6 Å². The summed E-state index contributed by atoms with van der Waals surface area (Å²) in [5.74, 6) is 2.91. The van der Waals surface area contributed by atoms with Crippen LogP contribution in [0.3, 0.4) is 0 Å². The molecule has 3 nitrogen and oxygen atoms in total. The second-order valence-electron chi connectivity index (χ2n) is 6.50. The Hall–Kier alpha value is -2.26. The number of halogens is 1. The molecule has 0 atom stereocenters. The smallest absolute Gasteiger partial charge is 0.167 e. The van der Waals surface area contributed by atoms with Gasteiger partial charge in [0.15, 0.2) is 5.78 Å². The fraction of sp³-hybridized carbons (Fsp3) is 0.286. The number of benzene rings is 2. The standard InChI is InChI=1S/C21H19ClO3/c1-24-20-11-10-19(23)21(20)18-12-16(8-9-17(18)13-2-3-13)25-15-6-4-14(22)5-7-15/h4-9,12-13H,2-3,10-11H2,1H3. The van der Waals surface area contributed by atoms with E-state index < -0.39 is 0 Å². The highest BCUT2D eigenvalue weighted by atomic mass is 35.5. The molecule has 0 amide bonds. The number of ether oxygens (including phenoxy) is 2. The molecule has 4 rings (SSSR count). The van der Waals surface area contributed by atoms with Gasteiger partial charge >= 0.3 is 0 Å². The maximum absolute atomic E-state index is 12.5. The van der Waals surface area contributed by atoms with Crippen molar-refractivity contribution >= 4 is 23.0 Å². The quantitative estimate of drug-likeness (QED) is 0.687. The molecular formula is C21H19ClO3. The maximum Gasteiger partial charge on any atom is 0.167 e. The number of Topliss-reactive ketones (excluding diaryl/α,β-unsaturated/α-hetero) is 1. The van der Waals surface area contributed by atoms with Gasteiger partial charge in [-0.2, -0.15) is 0 Å². The molecular weight excluding hydrogens is 336 g/mol. The minimum atomic E-state index is 0.155. The van der Waals surface area contributed by atoms with Crippen molar-refractivity contribution in [3.8, 4) is 11.5 Å². The zero-order valence-electron chi connectivity index (χ0n) is 14.0. The summed E-state index contributed by atoms with van der Waals surface area (Å²) in [6.07, 6.45) is 3.55. The van der Waals surface area contributed by atoms with E-state index in [9.17, 15) is 4.79 Å². The Morgan fingerprint density at radius 2 is 1.72 bits per heavy atom. The molecule has 0 aromatic heterocycles. The van der Waals surface area contributed by atoms with Crippen molar-refractivity contribution in [3.63, 3.8) is 0 Å². The lowest BCUT2D eigenvalue weighted by Crippen LogP contribution is -2.01. The third kappa shape index (κ3) is 3.29. The van der Waals surface area contributed by atoms with E-state index in [4.69, 9.17) is 21.1 Å². The monoisotopic (exact) mass is 354 g/mol. The first-order valence-electron chi connectivity index (χ1n) is 8.54. The number of carbonyl (C=O) groups excluding carboxylic acids is 1. The molecule has 0 heterocycles. The minimum Gasteiger partial charge on any atom is -0.500 e. The van der Waals surface area contributed by atoms with Crippen molar-refractivity contribution in [2.45, 2.75) is 31.6 Å². The highest BCUT2D eigenvalue weighted by Gasteiger charge is 2.32. The Morgan fingerprint density at radius 1 is 1.00 bits per heavy atom. The van der Waals surface area contributed by atoms with Gasteiger partial charge in [-0.15, -0.1) is 0 Å². The van der Waals surface area contributed by atoms with Gasteiger partial charge in [0.2, 0.25) is 0 Å². The Labute approximate surface area is 152 Å². The van der Waals surface area contributed by atoms with E-state index in [1.165, 1.54) is 18.4 Å². The number of hydrogen-bond donors (Lipinski definition) is 0. The molecule has 2 aliphatic rings. The number of ketones is 1. The SMILES string of the molecule is COC1=C(c2cc(Oc3ccc(Cl)cc3)ccc2C2CC2)C(=O)CC1. The summed E-state index contributed by atoms with van der Waals surface area (Å²) in [6.45, 7) is 0. The molecule has 0 unspecified atom stereocenters. The summed E-state index contributed by atoms with van der Waals surface area (Å²) in [5, 5.41) is 0.670. The number of hydrogen-bond acceptors (Lipinski definition) is 3. The highest BCUT2D eigenvalue weighted by molar-refractivity contribution is 6.30. The van der Waals surface area contributed by atoms with Crippen LogP contribution in [0, 0.1) is 0 Å². The lowest BCUT2D eigenvalue weighted by Gasteiger charge is -2.14. The van der Waals surface area contributed by atoms with Crippen molar-refractivity contribution in [1.29, 1.82) is 0 Å². The normalized spacial score (nSPS) is 17.1. The van der Waals surface area contributed by atoms with Gasteiger partial charge in [0.1, 0.15) is 17.3 Å². The third-order valence-electron chi connectivity index (χ3n) is 4.74. The van der Waals surface area contributed by atoms with E-state index in [2.05, 4.69) is 6.07 Å². The first-order valence-corrected chi connectivity index (χ1v) is 8.91. The van der Waals surface area contributed by atoms with Crippen molar-refractivity contribution in [2.24, 2.45) is 0 Å². The highest BCUT2D eigenvalue weighted by Crippen LogP contribution is 2.46. The van der Waals surface area contributed by atoms with Gasteiger partial charge in [0, 0.05) is 17.9 Å². The summed E-state index contributed by atoms with van der Waals surface area (Å²) in [6, 6.07) is 13.3. The average Bonchev–Trinajstić information content (AvgIpc) is 3.39. The zero-order valence-corrected chi connectivity index (χ0v) is 14.8. The van der Waals surface area contributed by atoms with Gasteiger partial charge in [0.25, 0.3) is 0 Å². The van der Waals surface area contributed by atoms with Crippen molar-refractivity contribution < 1.29 is 14.3 Å². The Morgan fingerprint density at radius 3 is 2.40 bits per heavy atom. The molecule has 2 aliphatic carbocycles. The summed E-state index contributed by atoms with van der Waals surface area (Å²) < 4.78 is 11.4. The second kappa shape index (κ2) is 6.57. The Bertz CT molecular complexity index is 848. The molecule has 25 heavy (non-hydrogen) atoms. The van der Waals surface area contributed by atoms with E-state index in [1.807, 2.05) is 24.3 Å². The summed E-state index contributed by atoms with van der Waals surface area (Å²) >= 11 is 5.92. The summed E-state index contributed by atoms with van der Waals surface area (Å²) in [4.78, 5) is 12.5. The molecule has 1 fully saturated rings. The van der Waals surface area contributed by atoms with Crippen LogP contribution in [-0.4, -0.2) is 12.9 Å². The zero-order chi connectivity index (χ0) is 17.4. The predicted molar refractivity (Wildman–Crippen MR) is 98.1 cm³/mol. The molecule has 4 heteroatoms. The lowest BCUT2D eigenvalue weighted by atomic mass is 9.95. The Kier molecular flexibility index (Phi) is 4.26. The molecule has 1 saturated carbocycles. The van der Waals surface area contributed by atoms with Crippen LogP contribution < -0.4 is 4.74 Å². The Balaban J connectivity index is 1.74.